The molecule has 0 spiro atoms. The summed E-state index contributed by atoms with van der Waals surface area (Å²) < 4.78 is 10.4. The highest BCUT2D eigenvalue weighted by molar-refractivity contribution is 6.01. The van der Waals surface area contributed by atoms with Crippen molar-refractivity contribution in [2.75, 3.05) is 33.9 Å². The van der Waals surface area contributed by atoms with E-state index in [2.05, 4.69) is 10.6 Å². The standard InChI is InChI=1S/C18H24N4O7/c1-4-29-15-8-11(13(22(26)27)9-14(15)28-3)17(24)20-10-16(23)21-7-5-6-12(21)18(25)19-2/h8-9,12H,4-7,10H2,1-3H3,(H,19,25)(H,20,24). The van der Waals surface area contributed by atoms with Crippen molar-refractivity contribution in [2.24, 2.45) is 0 Å². The number of methoxy groups -OCH3 is 1. The normalized spacial score (nSPS) is 15.6. The Morgan fingerprint density at radius 2 is 2.03 bits per heavy atom. The average molecular weight is 408 g/mol. The van der Waals surface area contributed by atoms with Crippen LogP contribution < -0.4 is 20.1 Å². The lowest BCUT2D eigenvalue weighted by atomic mass is 10.1. The van der Waals surface area contributed by atoms with Crippen LogP contribution in [0.5, 0.6) is 11.5 Å². The second kappa shape index (κ2) is 9.71. The van der Waals surface area contributed by atoms with Gasteiger partial charge in [0.15, 0.2) is 11.5 Å². The summed E-state index contributed by atoms with van der Waals surface area (Å²) in [6, 6.07) is 1.73. The summed E-state index contributed by atoms with van der Waals surface area (Å²) in [5, 5.41) is 16.3. The molecule has 0 radical (unpaired) electrons. The Hall–Kier alpha value is -3.37. The van der Waals surface area contributed by atoms with Crippen LogP contribution in [0.3, 0.4) is 0 Å². The highest BCUT2D eigenvalue weighted by Gasteiger charge is 2.33. The maximum atomic E-state index is 12.6. The van der Waals surface area contributed by atoms with Gasteiger partial charge in [-0.05, 0) is 19.8 Å². The molecule has 158 valence electrons. The van der Waals surface area contributed by atoms with E-state index < -0.39 is 28.5 Å². The topological polar surface area (TPSA) is 140 Å². The van der Waals surface area contributed by atoms with Crippen LogP contribution >= 0.6 is 0 Å². The predicted molar refractivity (Wildman–Crippen MR) is 102 cm³/mol. The summed E-state index contributed by atoms with van der Waals surface area (Å²) in [4.78, 5) is 48.9. The minimum atomic E-state index is -0.802. The van der Waals surface area contributed by atoms with Gasteiger partial charge in [-0.2, -0.15) is 0 Å². The Labute approximate surface area is 167 Å². The number of nitro benzene ring substituents is 1. The van der Waals surface area contributed by atoms with Crippen LogP contribution in [-0.4, -0.2) is 67.4 Å². The van der Waals surface area contributed by atoms with E-state index in [4.69, 9.17) is 9.47 Å². The van der Waals surface area contributed by atoms with Crippen molar-refractivity contribution in [3.8, 4) is 11.5 Å². The molecule has 2 rings (SSSR count). The number of hydrogen-bond donors (Lipinski definition) is 2. The number of carbonyl (C=O) groups excluding carboxylic acids is 3. The van der Waals surface area contributed by atoms with Crippen LogP contribution in [0.25, 0.3) is 0 Å². The number of likely N-dealkylation sites (tertiary alicyclic amines) is 1. The van der Waals surface area contributed by atoms with Crippen molar-refractivity contribution in [1.29, 1.82) is 0 Å². The summed E-state index contributed by atoms with van der Waals surface area (Å²) in [6.45, 7) is 2.01. The predicted octanol–water partition coefficient (Wildman–Crippen LogP) is 0.469. The zero-order valence-electron chi connectivity index (χ0n) is 16.5. The molecule has 11 heteroatoms. The van der Waals surface area contributed by atoms with Crippen molar-refractivity contribution >= 4 is 23.4 Å². The maximum Gasteiger partial charge on any atom is 0.286 e. The van der Waals surface area contributed by atoms with E-state index in [9.17, 15) is 24.5 Å². The van der Waals surface area contributed by atoms with Gasteiger partial charge in [0.2, 0.25) is 11.8 Å². The molecule has 1 atom stereocenters. The zero-order valence-corrected chi connectivity index (χ0v) is 16.5. The first-order valence-electron chi connectivity index (χ1n) is 9.12. The highest BCUT2D eigenvalue weighted by atomic mass is 16.6. The van der Waals surface area contributed by atoms with E-state index in [0.717, 1.165) is 6.07 Å². The lowest BCUT2D eigenvalue weighted by Gasteiger charge is -2.23. The van der Waals surface area contributed by atoms with Gasteiger partial charge in [-0.1, -0.05) is 0 Å². The molecule has 1 aliphatic rings. The van der Waals surface area contributed by atoms with Crippen molar-refractivity contribution < 1.29 is 28.8 Å². The van der Waals surface area contributed by atoms with Gasteiger partial charge in [-0.15, -0.1) is 0 Å². The van der Waals surface area contributed by atoms with E-state index in [1.807, 2.05) is 0 Å². The van der Waals surface area contributed by atoms with Crippen LogP contribution in [-0.2, 0) is 9.59 Å². The van der Waals surface area contributed by atoms with Gasteiger partial charge < -0.3 is 25.0 Å². The molecule has 3 amide bonds. The highest BCUT2D eigenvalue weighted by Crippen LogP contribution is 2.34. The Kier molecular flexibility index (Phi) is 7.34. The number of nitrogens with one attached hydrogen (secondary N) is 2. The van der Waals surface area contributed by atoms with Gasteiger partial charge in [0.25, 0.3) is 11.6 Å². The van der Waals surface area contributed by atoms with E-state index in [1.54, 1.807) is 6.92 Å². The summed E-state index contributed by atoms with van der Waals surface area (Å²) >= 11 is 0. The van der Waals surface area contributed by atoms with Gasteiger partial charge in [-0.25, -0.2) is 0 Å². The molecule has 1 heterocycles. The molecule has 1 fully saturated rings. The molecular formula is C18H24N4O7. The first-order valence-corrected chi connectivity index (χ1v) is 9.12. The summed E-state index contributed by atoms with van der Waals surface area (Å²) in [5.41, 5.74) is -0.726. The van der Waals surface area contributed by atoms with Gasteiger partial charge in [-0.3, -0.25) is 24.5 Å². The number of nitrogens with zero attached hydrogens (tertiary/aromatic N) is 2. The average Bonchev–Trinajstić information content (AvgIpc) is 3.20. The van der Waals surface area contributed by atoms with Crippen molar-refractivity contribution in [2.45, 2.75) is 25.8 Å². The lowest BCUT2D eigenvalue weighted by Crippen LogP contribution is -2.48. The van der Waals surface area contributed by atoms with Gasteiger partial charge in [0.05, 0.1) is 31.3 Å². The van der Waals surface area contributed by atoms with Gasteiger partial charge >= 0.3 is 0 Å². The van der Waals surface area contributed by atoms with Crippen LogP contribution in [0.2, 0.25) is 0 Å². The SMILES string of the molecule is CCOc1cc(C(=O)NCC(=O)N2CCCC2C(=O)NC)c([N+](=O)[O-])cc1OC. The molecular weight excluding hydrogens is 384 g/mol. The summed E-state index contributed by atoms with van der Waals surface area (Å²) in [6.07, 6.45) is 1.22. The van der Waals surface area contributed by atoms with E-state index in [-0.39, 0.29) is 36.1 Å². The molecule has 29 heavy (non-hydrogen) atoms. The molecule has 2 N–H and O–H groups in total. The van der Waals surface area contributed by atoms with Gasteiger partial charge in [0, 0.05) is 19.7 Å². The third-order valence-electron chi connectivity index (χ3n) is 4.55. The number of likely N-dealkylation sites (N-methyl/N-ethyl adjacent to an activating group) is 1. The first kappa shape index (κ1) is 21.9. The van der Waals surface area contributed by atoms with Crippen LogP contribution in [0.15, 0.2) is 12.1 Å². The molecule has 0 saturated carbocycles. The fraction of sp³-hybridized carbons (Fsp3) is 0.500. The zero-order chi connectivity index (χ0) is 21.6. The van der Waals surface area contributed by atoms with E-state index in [1.165, 1.54) is 25.1 Å². The molecule has 0 aromatic heterocycles. The Balaban J connectivity index is 2.17. The maximum absolute atomic E-state index is 12.6. The minimum absolute atomic E-state index is 0.122. The smallest absolute Gasteiger partial charge is 0.286 e. The largest absolute Gasteiger partial charge is 0.493 e. The number of hydrogen-bond acceptors (Lipinski definition) is 7. The molecule has 1 aliphatic heterocycles. The van der Waals surface area contributed by atoms with Crippen molar-refractivity contribution in [3.63, 3.8) is 0 Å². The monoisotopic (exact) mass is 408 g/mol. The second-order valence-corrected chi connectivity index (χ2v) is 6.25. The van der Waals surface area contributed by atoms with E-state index >= 15 is 0 Å². The third kappa shape index (κ3) is 4.92. The van der Waals surface area contributed by atoms with Crippen LogP contribution in [0.1, 0.15) is 30.1 Å². The Bertz CT molecular complexity index is 812. The number of amides is 3. The van der Waals surface area contributed by atoms with Crippen LogP contribution in [0, 0.1) is 10.1 Å². The number of carbonyl (C=O) groups is 3. The number of rotatable bonds is 8. The molecule has 11 nitrogen and oxygen atoms in total. The van der Waals surface area contributed by atoms with Crippen molar-refractivity contribution in [3.05, 3.63) is 27.8 Å². The fourth-order valence-electron chi connectivity index (χ4n) is 3.17. The molecule has 1 aromatic rings. The minimum Gasteiger partial charge on any atom is -0.493 e. The number of benzene rings is 1. The fourth-order valence-corrected chi connectivity index (χ4v) is 3.17. The Morgan fingerprint density at radius 1 is 1.31 bits per heavy atom. The lowest BCUT2D eigenvalue weighted by molar-refractivity contribution is -0.385. The summed E-state index contributed by atoms with van der Waals surface area (Å²) in [7, 11) is 2.82. The summed E-state index contributed by atoms with van der Waals surface area (Å²) in [5.74, 6) is -1.21. The molecule has 0 bridgehead atoms. The molecule has 0 aliphatic carbocycles. The van der Waals surface area contributed by atoms with E-state index in [0.29, 0.717) is 19.4 Å². The van der Waals surface area contributed by atoms with Crippen molar-refractivity contribution in [1.82, 2.24) is 15.5 Å². The Morgan fingerprint density at radius 3 is 2.62 bits per heavy atom. The van der Waals surface area contributed by atoms with Crippen LogP contribution in [0.4, 0.5) is 5.69 Å². The second-order valence-electron chi connectivity index (χ2n) is 6.25. The first-order chi connectivity index (χ1) is 13.8. The number of nitro groups is 1. The molecule has 1 saturated heterocycles. The quantitative estimate of drug-likeness (QED) is 0.470. The molecule has 1 unspecified atom stereocenters. The van der Waals surface area contributed by atoms with Gasteiger partial charge in [0.1, 0.15) is 11.6 Å². The third-order valence-corrected chi connectivity index (χ3v) is 4.55. The molecule has 1 aromatic carbocycles. The number of ether oxygens (including phenoxy) is 2.